The average Bonchev–Trinajstić information content (AvgIpc) is 3.19. The Morgan fingerprint density at radius 1 is 0.795 bits per heavy atom. The third-order valence-electron chi connectivity index (χ3n) is 7.81. The summed E-state index contributed by atoms with van der Waals surface area (Å²) in [5, 5.41) is 0.507. The lowest BCUT2D eigenvalue weighted by Gasteiger charge is -2.54. The van der Waals surface area contributed by atoms with Crippen LogP contribution in [0, 0.1) is 11.8 Å². The Balaban J connectivity index is 1.23. The molecule has 3 aromatic carbocycles. The van der Waals surface area contributed by atoms with E-state index in [1.165, 1.54) is 18.2 Å². The molecule has 0 spiro atoms. The van der Waals surface area contributed by atoms with Crippen LogP contribution in [-0.2, 0) is 28.9 Å². The standard InChI is InChI=1S/C29H19Cl4NO5/c30-15-9-10-16(21(31)13-15)22(35)14-39-23(36)11-12-34-26(37)24-25(27(34)38)29(33)18-6-2-1-5-17(18)28(24,32)19-7-3-4-8-20(19)29/h1-10,13,24-25H,11-12,14H2/t24-,25-,28?,29?/m1/s1. The van der Waals surface area contributed by atoms with Gasteiger partial charge >= 0.3 is 5.97 Å². The number of ketones is 1. The summed E-state index contributed by atoms with van der Waals surface area (Å²) in [5.74, 6) is -4.14. The van der Waals surface area contributed by atoms with Crippen LogP contribution in [0.15, 0.2) is 66.7 Å². The molecule has 2 amide bonds. The van der Waals surface area contributed by atoms with E-state index in [2.05, 4.69) is 0 Å². The summed E-state index contributed by atoms with van der Waals surface area (Å²) in [6.07, 6.45) is -0.303. The maximum absolute atomic E-state index is 13.8. The lowest BCUT2D eigenvalue weighted by molar-refractivity contribution is -0.145. The highest BCUT2D eigenvalue weighted by Crippen LogP contribution is 2.69. The molecule has 1 fully saturated rings. The van der Waals surface area contributed by atoms with Crippen LogP contribution in [0.2, 0.25) is 10.0 Å². The molecule has 6 nitrogen and oxygen atoms in total. The molecule has 1 heterocycles. The van der Waals surface area contributed by atoms with E-state index in [0.717, 1.165) is 4.90 Å². The maximum atomic E-state index is 13.8. The zero-order valence-electron chi connectivity index (χ0n) is 20.1. The summed E-state index contributed by atoms with van der Waals surface area (Å²) >= 11 is 26.6. The van der Waals surface area contributed by atoms with Crippen molar-refractivity contribution in [2.24, 2.45) is 11.8 Å². The number of amides is 2. The average molecular weight is 603 g/mol. The Labute approximate surface area is 243 Å². The number of imide groups is 1. The van der Waals surface area contributed by atoms with Gasteiger partial charge in [-0.2, -0.15) is 0 Å². The van der Waals surface area contributed by atoms with Crippen molar-refractivity contribution in [3.63, 3.8) is 0 Å². The van der Waals surface area contributed by atoms with E-state index in [1.54, 1.807) is 0 Å². The molecular formula is C29H19Cl4NO5. The Kier molecular flexibility index (Phi) is 6.31. The smallest absolute Gasteiger partial charge is 0.308 e. The zero-order chi connectivity index (χ0) is 27.7. The summed E-state index contributed by atoms with van der Waals surface area (Å²) in [7, 11) is 0. The summed E-state index contributed by atoms with van der Waals surface area (Å²) < 4.78 is 5.11. The molecule has 10 heteroatoms. The van der Waals surface area contributed by atoms with Gasteiger partial charge < -0.3 is 4.74 Å². The lowest BCUT2D eigenvalue weighted by Crippen LogP contribution is -2.57. The first-order valence-electron chi connectivity index (χ1n) is 12.2. The number of esters is 1. The number of Topliss-reactive ketones (excluding diaryl/α,β-unsaturated/α-hetero) is 1. The minimum Gasteiger partial charge on any atom is -0.457 e. The zero-order valence-corrected chi connectivity index (χ0v) is 23.2. The minimum absolute atomic E-state index is 0.140. The Morgan fingerprint density at radius 3 is 1.74 bits per heavy atom. The van der Waals surface area contributed by atoms with Crippen molar-refractivity contribution in [3.05, 3.63) is 105 Å². The first-order valence-corrected chi connectivity index (χ1v) is 13.7. The molecule has 0 unspecified atom stereocenters. The van der Waals surface area contributed by atoms with Gasteiger partial charge in [0.1, 0.15) is 9.75 Å². The van der Waals surface area contributed by atoms with Gasteiger partial charge in [0, 0.05) is 17.1 Å². The molecule has 1 saturated heterocycles. The van der Waals surface area contributed by atoms with E-state index in [4.69, 9.17) is 51.1 Å². The predicted molar refractivity (Wildman–Crippen MR) is 146 cm³/mol. The van der Waals surface area contributed by atoms with E-state index >= 15 is 0 Å². The number of nitrogens with zero attached hydrogens (tertiary/aromatic N) is 1. The molecule has 39 heavy (non-hydrogen) atoms. The largest absolute Gasteiger partial charge is 0.457 e. The fourth-order valence-corrected chi connectivity index (χ4v) is 7.77. The first kappa shape index (κ1) is 26.3. The number of rotatable bonds is 6. The number of likely N-dealkylation sites (tertiary alicyclic amines) is 1. The van der Waals surface area contributed by atoms with Crippen LogP contribution in [0.5, 0.6) is 0 Å². The van der Waals surface area contributed by atoms with E-state index in [1.807, 2.05) is 48.5 Å². The van der Waals surface area contributed by atoms with Gasteiger partial charge in [-0.3, -0.25) is 24.1 Å². The van der Waals surface area contributed by atoms with Crippen LogP contribution in [0.1, 0.15) is 39.0 Å². The van der Waals surface area contributed by atoms with Gasteiger partial charge in [-0.25, -0.2) is 0 Å². The highest BCUT2D eigenvalue weighted by molar-refractivity contribution is 6.37. The van der Waals surface area contributed by atoms with Crippen molar-refractivity contribution >= 4 is 70.0 Å². The molecule has 2 atom stereocenters. The monoisotopic (exact) mass is 601 g/mol. The van der Waals surface area contributed by atoms with Crippen LogP contribution in [0.25, 0.3) is 0 Å². The lowest BCUT2D eigenvalue weighted by atomic mass is 9.54. The highest BCUT2D eigenvalue weighted by Gasteiger charge is 2.72. The molecule has 1 aliphatic heterocycles. The Hall–Kier alpha value is -2.90. The second kappa shape index (κ2) is 9.34. The van der Waals surface area contributed by atoms with Gasteiger partial charge in [-0.15, -0.1) is 23.2 Å². The van der Waals surface area contributed by atoms with E-state index in [-0.39, 0.29) is 23.6 Å². The third kappa shape index (κ3) is 3.69. The molecule has 0 aromatic heterocycles. The van der Waals surface area contributed by atoms with Crippen LogP contribution in [0.4, 0.5) is 0 Å². The van der Waals surface area contributed by atoms with Gasteiger partial charge in [0.25, 0.3) is 0 Å². The topological polar surface area (TPSA) is 80.8 Å². The Bertz CT molecular complexity index is 1470. The normalized spacial score (nSPS) is 26.2. The number of alkyl halides is 2. The molecule has 0 radical (unpaired) electrons. The second-order valence-electron chi connectivity index (χ2n) is 9.76. The van der Waals surface area contributed by atoms with Crippen molar-refractivity contribution in [2.45, 2.75) is 16.2 Å². The molecule has 3 aliphatic carbocycles. The van der Waals surface area contributed by atoms with Crippen molar-refractivity contribution in [1.82, 2.24) is 4.90 Å². The molecule has 7 rings (SSSR count). The fourth-order valence-electron chi connectivity index (χ4n) is 6.16. The van der Waals surface area contributed by atoms with Gasteiger partial charge in [0.2, 0.25) is 17.6 Å². The molecule has 2 bridgehead atoms. The van der Waals surface area contributed by atoms with Crippen molar-refractivity contribution in [1.29, 1.82) is 0 Å². The van der Waals surface area contributed by atoms with E-state index in [0.29, 0.717) is 27.3 Å². The second-order valence-corrected chi connectivity index (χ2v) is 11.8. The number of halogens is 4. The molecular weight excluding hydrogens is 584 g/mol. The van der Waals surface area contributed by atoms with Crippen molar-refractivity contribution in [2.75, 3.05) is 13.2 Å². The minimum atomic E-state index is -1.29. The van der Waals surface area contributed by atoms with Gasteiger partial charge in [0.15, 0.2) is 6.61 Å². The summed E-state index contributed by atoms with van der Waals surface area (Å²) in [6, 6.07) is 19.0. The third-order valence-corrected chi connectivity index (χ3v) is 9.64. The van der Waals surface area contributed by atoms with E-state index in [9.17, 15) is 19.2 Å². The molecule has 198 valence electrons. The van der Waals surface area contributed by atoms with Crippen molar-refractivity contribution < 1.29 is 23.9 Å². The van der Waals surface area contributed by atoms with Gasteiger partial charge in [0.05, 0.1) is 23.3 Å². The number of carbonyl (C=O) groups is 4. The van der Waals surface area contributed by atoms with Gasteiger partial charge in [-0.1, -0.05) is 71.7 Å². The van der Waals surface area contributed by atoms with Crippen molar-refractivity contribution in [3.8, 4) is 0 Å². The quantitative estimate of drug-likeness (QED) is 0.156. The van der Waals surface area contributed by atoms with Crippen LogP contribution in [-0.4, -0.2) is 41.6 Å². The maximum Gasteiger partial charge on any atom is 0.308 e. The molecule has 3 aromatic rings. The Morgan fingerprint density at radius 2 is 1.28 bits per heavy atom. The summed E-state index contributed by atoms with van der Waals surface area (Å²) in [5.41, 5.74) is 2.95. The number of hydrogen-bond donors (Lipinski definition) is 0. The predicted octanol–water partition coefficient (Wildman–Crippen LogP) is 5.70. The number of carbonyl (C=O) groups excluding carboxylic acids is 4. The van der Waals surface area contributed by atoms with Crippen LogP contribution in [0.3, 0.4) is 0 Å². The molecule has 4 aliphatic rings. The molecule has 0 N–H and O–H groups in total. The summed E-state index contributed by atoms with van der Waals surface area (Å²) in [4.78, 5) is 50.9. The summed E-state index contributed by atoms with van der Waals surface area (Å²) in [6.45, 7) is -0.778. The SMILES string of the molecule is O=C(CCN1C(=O)[C@H]2[C@H](C1=O)C1(Cl)c3ccccc3C2(Cl)c2ccccc21)OCC(=O)c1ccc(Cl)cc1Cl. The highest BCUT2D eigenvalue weighted by atomic mass is 35.5. The number of benzene rings is 3. The van der Waals surface area contributed by atoms with E-state index < -0.39 is 51.8 Å². The number of hydrogen-bond acceptors (Lipinski definition) is 5. The van der Waals surface area contributed by atoms with Gasteiger partial charge in [-0.05, 0) is 40.5 Å². The van der Waals surface area contributed by atoms with Crippen LogP contribution >= 0.6 is 46.4 Å². The molecule has 0 saturated carbocycles. The fraction of sp³-hybridized carbons (Fsp3) is 0.241. The first-order chi connectivity index (χ1) is 18.6. The number of ether oxygens (including phenoxy) is 1. The van der Waals surface area contributed by atoms with Crippen LogP contribution < -0.4 is 0 Å².